The van der Waals surface area contributed by atoms with Gasteiger partial charge >= 0.3 is 0 Å². The van der Waals surface area contributed by atoms with Crippen LogP contribution in [0.3, 0.4) is 0 Å². The van der Waals surface area contributed by atoms with Gasteiger partial charge in [-0.1, -0.05) is 53.7 Å². The first-order valence-electron chi connectivity index (χ1n) is 9.68. The predicted octanol–water partition coefficient (Wildman–Crippen LogP) is 3.10. The van der Waals surface area contributed by atoms with E-state index in [4.69, 9.17) is 0 Å². The Labute approximate surface area is 179 Å². The summed E-state index contributed by atoms with van der Waals surface area (Å²) in [6, 6.07) is 15.3. The molecule has 1 aliphatic heterocycles. The molecule has 0 unspecified atom stereocenters. The van der Waals surface area contributed by atoms with Crippen LogP contribution in [0.25, 0.3) is 11.4 Å². The molecule has 8 heteroatoms. The zero-order valence-corrected chi connectivity index (χ0v) is 17.9. The van der Waals surface area contributed by atoms with E-state index in [1.807, 2.05) is 37.3 Å². The fourth-order valence-corrected chi connectivity index (χ4v) is 4.48. The van der Waals surface area contributed by atoms with Crippen LogP contribution in [0.5, 0.6) is 0 Å². The van der Waals surface area contributed by atoms with Gasteiger partial charge in [-0.2, -0.15) is 0 Å². The van der Waals surface area contributed by atoms with Crippen LogP contribution in [0.15, 0.2) is 53.7 Å². The second-order valence-electron chi connectivity index (χ2n) is 7.94. The summed E-state index contributed by atoms with van der Waals surface area (Å²) in [5.74, 6) is 0.263. The van der Waals surface area contributed by atoms with E-state index in [1.165, 1.54) is 17.3 Å². The Balaban J connectivity index is 1.40. The number of nitrogens with one attached hydrogen (secondary N) is 2. The fourth-order valence-electron chi connectivity index (χ4n) is 3.59. The molecule has 0 saturated heterocycles. The highest BCUT2D eigenvalue weighted by Crippen LogP contribution is 2.39. The number of hydrogen-bond acceptors (Lipinski definition) is 5. The molecular weight excluding hydrogens is 398 g/mol. The van der Waals surface area contributed by atoms with Gasteiger partial charge in [0.1, 0.15) is 0 Å². The Bertz CT molecular complexity index is 1100. The zero-order valence-electron chi connectivity index (χ0n) is 17.1. The molecule has 7 nitrogen and oxygen atoms in total. The van der Waals surface area contributed by atoms with E-state index in [0.29, 0.717) is 10.7 Å². The van der Waals surface area contributed by atoms with Crippen LogP contribution < -0.4 is 10.9 Å². The number of hydrazine groups is 1. The van der Waals surface area contributed by atoms with Crippen LogP contribution >= 0.6 is 11.8 Å². The maximum atomic E-state index is 12.3. The standard InChI is InChI=1S/C22H23N5O2S/c1-14-8-10-15(11-9-14)20(29)25-23-18(28)13-30-21-26-24-19-17-7-5-4-6-16(17)12-22(2,3)27(19)21/h4-11H,12-13H2,1-3H3,(H,23,28)(H,25,29). The van der Waals surface area contributed by atoms with Crippen molar-refractivity contribution in [2.75, 3.05) is 5.75 Å². The number of fused-ring (bicyclic) bond motifs is 3. The Morgan fingerprint density at radius 1 is 1.07 bits per heavy atom. The number of rotatable bonds is 4. The van der Waals surface area contributed by atoms with E-state index in [9.17, 15) is 9.59 Å². The maximum Gasteiger partial charge on any atom is 0.269 e. The van der Waals surface area contributed by atoms with Crippen molar-refractivity contribution in [2.24, 2.45) is 0 Å². The van der Waals surface area contributed by atoms with Crippen molar-refractivity contribution in [3.63, 3.8) is 0 Å². The number of hydrogen-bond donors (Lipinski definition) is 2. The molecule has 1 aromatic heterocycles. The highest BCUT2D eigenvalue weighted by Gasteiger charge is 2.34. The Morgan fingerprint density at radius 2 is 1.80 bits per heavy atom. The first-order valence-corrected chi connectivity index (χ1v) is 10.7. The molecule has 154 valence electrons. The van der Waals surface area contributed by atoms with Crippen LogP contribution in [0, 0.1) is 6.92 Å². The smallest absolute Gasteiger partial charge is 0.269 e. The minimum Gasteiger partial charge on any atom is -0.296 e. The van der Waals surface area contributed by atoms with Gasteiger partial charge in [0.15, 0.2) is 11.0 Å². The number of aryl methyl sites for hydroxylation is 1. The van der Waals surface area contributed by atoms with Crippen molar-refractivity contribution in [3.8, 4) is 11.4 Å². The van der Waals surface area contributed by atoms with Crippen molar-refractivity contribution >= 4 is 23.6 Å². The summed E-state index contributed by atoms with van der Waals surface area (Å²) >= 11 is 1.30. The monoisotopic (exact) mass is 421 g/mol. The normalized spacial score (nSPS) is 13.8. The summed E-state index contributed by atoms with van der Waals surface area (Å²) < 4.78 is 2.10. The van der Waals surface area contributed by atoms with E-state index >= 15 is 0 Å². The number of benzene rings is 2. The van der Waals surface area contributed by atoms with Crippen molar-refractivity contribution < 1.29 is 9.59 Å². The van der Waals surface area contributed by atoms with Crippen LogP contribution in [0.2, 0.25) is 0 Å². The summed E-state index contributed by atoms with van der Waals surface area (Å²) in [6.45, 7) is 6.23. The molecule has 0 fully saturated rings. The van der Waals surface area contributed by atoms with E-state index < -0.39 is 0 Å². The van der Waals surface area contributed by atoms with Crippen molar-refractivity contribution in [2.45, 2.75) is 37.9 Å². The Morgan fingerprint density at radius 3 is 2.57 bits per heavy atom. The van der Waals surface area contributed by atoms with Gasteiger partial charge in [0.05, 0.1) is 5.75 Å². The van der Waals surface area contributed by atoms with Gasteiger partial charge < -0.3 is 0 Å². The lowest BCUT2D eigenvalue weighted by molar-refractivity contribution is -0.119. The summed E-state index contributed by atoms with van der Waals surface area (Å²) in [4.78, 5) is 24.4. The molecular formula is C22H23N5O2S. The minimum atomic E-state index is -0.356. The SMILES string of the molecule is Cc1ccc(C(=O)NNC(=O)CSc2nnc3n2C(C)(C)Cc2ccccc2-3)cc1. The molecule has 2 heterocycles. The summed E-state index contributed by atoms with van der Waals surface area (Å²) in [6.07, 6.45) is 0.862. The zero-order chi connectivity index (χ0) is 21.3. The van der Waals surface area contributed by atoms with Gasteiger partial charge in [-0.3, -0.25) is 25.0 Å². The number of thioether (sulfide) groups is 1. The maximum absolute atomic E-state index is 12.3. The second kappa shape index (κ2) is 7.95. The first kappa shape index (κ1) is 20.2. The average molecular weight is 422 g/mol. The highest BCUT2D eigenvalue weighted by molar-refractivity contribution is 7.99. The van der Waals surface area contributed by atoms with Crippen LogP contribution in [-0.2, 0) is 16.8 Å². The molecule has 0 spiro atoms. The molecule has 0 atom stereocenters. The number of carbonyl (C=O) groups is 2. The van der Waals surface area contributed by atoms with Crippen molar-refractivity contribution in [1.82, 2.24) is 25.6 Å². The predicted molar refractivity (Wildman–Crippen MR) is 116 cm³/mol. The summed E-state index contributed by atoms with van der Waals surface area (Å²) in [5, 5.41) is 9.39. The third-order valence-corrected chi connectivity index (χ3v) is 6.01. The Kier molecular flexibility index (Phi) is 5.34. The van der Waals surface area contributed by atoms with Gasteiger partial charge in [-0.15, -0.1) is 10.2 Å². The molecule has 0 saturated carbocycles. The number of carbonyl (C=O) groups excluding carboxylic acids is 2. The van der Waals surface area contributed by atoms with Gasteiger partial charge in [0, 0.05) is 16.7 Å². The molecule has 1 aliphatic rings. The molecule has 2 aromatic carbocycles. The molecule has 0 aliphatic carbocycles. The molecule has 2 N–H and O–H groups in total. The van der Waals surface area contributed by atoms with Gasteiger partial charge in [-0.25, -0.2) is 0 Å². The molecule has 30 heavy (non-hydrogen) atoms. The molecule has 3 aromatic rings. The lowest BCUT2D eigenvalue weighted by Crippen LogP contribution is -2.42. The van der Waals surface area contributed by atoms with Gasteiger partial charge in [0.2, 0.25) is 5.91 Å². The van der Waals surface area contributed by atoms with Crippen LogP contribution in [0.1, 0.15) is 35.3 Å². The average Bonchev–Trinajstić information content (AvgIpc) is 3.16. The highest BCUT2D eigenvalue weighted by atomic mass is 32.2. The first-order chi connectivity index (χ1) is 14.3. The second-order valence-corrected chi connectivity index (χ2v) is 8.89. The third kappa shape index (κ3) is 3.95. The summed E-state index contributed by atoms with van der Waals surface area (Å²) in [7, 11) is 0. The van der Waals surface area contributed by atoms with Gasteiger partial charge in [0.25, 0.3) is 5.91 Å². The Hall–Kier alpha value is -3.13. The van der Waals surface area contributed by atoms with Crippen molar-refractivity contribution in [1.29, 1.82) is 0 Å². The molecule has 0 radical (unpaired) electrons. The van der Waals surface area contributed by atoms with E-state index in [1.54, 1.807) is 12.1 Å². The molecule has 2 amide bonds. The van der Waals surface area contributed by atoms with Crippen LogP contribution in [-0.4, -0.2) is 32.3 Å². The quantitative estimate of drug-likeness (QED) is 0.499. The number of amides is 2. The third-order valence-electron chi connectivity index (χ3n) is 5.08. The number of nitrogens with zero attached hydrogens (tertiary/aromatic N) is 3. The van der Waals surface area contributed by atoms with E-state index in [0.717, 1.165) is 23.4 Å². The molecule has 0 bridgehead atoms. The summed E-state index contributed by atoms with van der Waals surface area (Å²) in [5.41, 5.74) is 8.57. The topological polar surface area (TPSA) is 88.9 Å². The lowest BCUT2D eigenvalue weighted by Gasteiger charge is -2.34. The largest absolute Gasteiger partial charge is 0.296 e. The fraction of sp³-hybridized carbons (Fsp3) is 0.273. The van der Waals surface area contributed by atoms with E-state index in [2.05, 4.69) is 45.5 Å². The van der Waals surface area contributed by atoms with E-state index in [-0.39, 0.29) is 23.1 Å². The minimum absolute atomic E-state index is 0.115. The van der Waals surface area contributed by atoms with Crippen molar-refractivity contribution in [3.05, 3.63) is 65.2 Å². The number of aromatic nitrogens is 3. The van der Waals surface area contributed by atoms with Crippen LogP contribution in [0.4, 0.5) is 0 Å². The molecule has 4 rings (SSSR count). The van der Waals surface area contributed by atoms with Gasteiger partial charge in [-0.05, 0) is 44.9 Å². The lowest BCUT2D eigenvalue weighted by atomic mass is 9.87.